The van der Waals surface area contributed by atoms with Gasteiger partial charge < -0.3 is 5.73 Å². The number of benzene rings is 1. The lowest BCUT2D eigenvalue weighted by molar-refractivity contribution is -0.385. The molecule has 1 aliphatic heterocycles. The maximum Gasteiger partial charge on any atom is 0.273 e. The van der Waals surface area contributed by atoms with E-state index in [-0.39, 0.29) is 23.2 Å². The molecular formula is C12H17N3O4S. The highest BCUT2D eigenvalue weighted by Gasteiger charge is 2.32. The largest absolute Gasteiger partial charge is 0.326 e. The number of nitrogens with zero attached hydrogens (tertiary/aromatic N) is 2. The molecule has 2 rings (SSSR count). The van der Waals surface area contributed by atoms with Crippen molar-refractivity contribution in [3.8, 4) is 0 Å². The van der Waals surface area contributed by atoms with Gasteiger partial charge in [0, 0.05) is 30.8 Å². The second-order valence-electron chi connectivity index (χ2n) is 5.05. The van der Waals surface area contributed by atoms with E-state index >= 15 is 0 Å². The number of nitro benzene ring substituents is 1. The fourth-order valence-electron chi connectivity index (χ4n) is 2.27. The predicted octanol–water partition coefficient (Wildman–Crippen LogP) is 0.933. The standard InChI is InChI=1S/C12H17N3O4S/c1-8-5-11(6-12(9(8)2)15(16)17)20(18,19)14-4-3-10(13)7-14/h5-6,10H,3-4,7,13H2,1-2H3/t10-/m0/s1. The third-order valence-corrected chi connectivity index (χ3v) is 5.48. The molecule has 0 spiro atoms. The lowest BCUT2D eigenvalue weighted by Crippen LogP contribution is -2.32. The highest BCUT2D eigenvalue weighted by Crippen LogP contribution is 2.28. The van der Waals surface area contributed by atoms with Gasteiger partial charge in [-0.3, -0.25) is 10.1 Å². The van der Waals surface area contributed by atoms with Crippen LogP contribution in [0.25, 0.3) is 0 Å². The van der Waals surface area contributed by atoms with E-state index in [9.17, 15) is 18.5 Å². The van der Waals surface area contributed by atoms with E-state index in [0.29, 0.717) is 24.1 Å². The first-order valence-electron chi connectivity index (χ1n) is 6.25. The van der Waals surface area contributed by atoms with E-state index in [4.69, 9.17) is 5.73 Å². The summed E-state index contributed by atoms with van der Waals surface area (Å²) in [7, 11) is -3.72. The fourth-order valence-corrected chi connectivity index (χ4v) is 3.89. The van der Waals surface area contributed by atoms with Crippen molar-refractivity contribution in [2.75, 3.05) is 13.1 Å². The maximum absolute atomic E-state index is 12.5. The van der Waals surface area contributed by atoms with Crippen LogP contribution in [-0.2, 0) is 10.0 Å². The van der Waals surface area contributed by atoms with Crippen LogP contribution in [0.4, 0.5) is 5.69 Å². The van der Waals surface area contributed by atoms with Gasteiger partial charge in [-0.25, -0.2) is 8.42 Å². The quantitative estimate of drug-likeness (QED) is 0.660. The van der Waals surface area contributed by atoms with Gasteiger partial charge in [-0.15, -0.1) is 0 Å². The molecule has 0 aliphatic carbocycles. The summed E-state index contributed by atoms with van der Waals surface area (Å²) in [5.41, 5.74) is 6.61. The maximum atomic E-state index is 12.5. The summed E-state index contributed by atoms with van der Waals surface area (Å²) < 4.78 is 26.2. The highest BCUT2D eigenvalue weighted by molar-refractivity contribution is 7.89. The molecular weight excluding hydrogens is 282 g/mol. The number of hydrogen-bond acceptors (Lipinski definition) is 5. The molecule has 0 unspecified atom stereocenters. The molecule has 1 aliphatic rings. The average Bonchev–Trinajstić information content (AvgIpc) is 2.79. The lowest BCUT2D eigenvalue weighted by atomic mass is 10.1. The minimum atomic E-state index is -3.72. The molecule has 1 aromatic carbocycles. The second kappa shape index (κ2) is 5.12. The van der Waals surface area contributed by atoms with E-state index in [1.165, 1.54) is 10.4 Å². The van der Waals surface area contributed by atoms with Crippen molar-refractivity contribution in [1.29, 1.82) is 0 Å². The first kappa shape index (κ1) is 14.9. The summed E-state index contributed by atoms with van der Waals surface area (Å²) in [6.45, 7) is 3.87. The van der Waals surface area contributed by atoms with Gasteiger partial charge in [0.2, 0.25) is 10.0 Å². The van der Waals surface area contributed by atoms with Crippen molar-refractivity contribution >= 4 is 15.7 Å². The molecule has 1 heterocycles. The molecule has 2 N–H and O–H groups in total. The van der Waals surface area contributed by atoms with Crippen LogP contribution in [0.1, 0.15) is 17.5 Å². The average molecular weight is 299 g/mol. The second-order valence-corrected chi connectivity index (χ2v) is 6.99. The molecule has 1 aromatic rings. The van der Waals surface area contributed by atoms with Gasteiger partial charge in [0.15, 0.2) is 0 Å². The summed E-state index contributed by atoms with van der Waals surface area (Å²) >= 11 is 0. The summed E-state index contributed by atoms with van der Waals surface area (Å²) in [5.74, 6) is 0. The minimum absolute atomic E-state index is 0.0404. The Morgan fingerprint density at radius 3 is 2.55 bits per heavy atom. The molecule has 0 radical (unpaired) electrons. The zero-order valence-electron chi connectivity index (χ0n) is 11.4. The number of sulfonamides is 1. The van der Waals surface area contributed by atoms with Crippen LogP contribution in [-0.4, -0.2) is 36.8 Å². The SMILES string of the molecule is Cc1cc(S(=O)(=O)N2CC[C@H](N)C2)cc([N+](=O)[O-])c1C. The number of rotatable bonds is 3. The van der Waals surface area contributed by atoms with E-state index < -0.39 is 14.9 Å². The molecule has 7 nitrogen and oxygen atoms in total. The third kappa shape index (κ3) is 2.54. The van der Waals surface area contributed by atoms with Crippen LogP contribution in [0.2, 0.25) is 0 Å². The predicted molar refractivity (Wildman–Crippen MR) is 73.9 cm³/mol. The van der Waals surface area contributed by atoms with Crippen molar-refractivity contribution in [2.45, 2.75) is 31.2 Å². The van der Waals surface area contributed by atoms with Crippen LogP contribution in [0, 0.1) is 24.0 Å². The lowest BCUT2D eigenvalue weighted by Gasteiger charge is -2.16. The Morgan fingerprint density at radius 2 is 2.05 bits per heavy atom. The Labute approximate surface area is 117 Å². The zero-order chi connectivity index (χ0) is 15.1. The Balaban J connectivity index is 2.50. The first-order valence-corrected chi connectivity index (χ1v) is 7.69. The van der Waals surface area contributed by atoms with Crippen LogP contribution in [0.15, 0.2) is 17.0 Å². The molecule has 0 aromatic heterocycles. The number of nitrogens with two attached hydrogens (primary N) is 1. The first-order chi connectivity index (χ1) is 9.23. The normalized spacial score (nSPS) is 20.2. The van der Waals surface area contributed by atoms with Crippen molar-refractivity contribution in [1.82, 2.24) is 4.31 Å². The molecule has 1 atom stereocenters. The molecule has 0 saturated carbocycles. The Hall–Kier alpha value is -1.51. The smallest absolute Gasteiger partial charge is 0.273 e. The topological polar surface area (TPSA) is 107 Å². The van der Waals surface area contributed by atoms with Crippen LogP contribution >= 0.6 is 0 Å². The van der Waals surface area contributed by atoms with Gasteiger partial charge in [0.1, 0.15) is 0 Å². The van der Waals surface area contributed by atoms with Gasteiger partial charge in [0.05, 0.1) is 9.82 Å². The van der Waals surface area contributed by atoms with E-state index in [2.05, 4.69) is 0 Å². The number of hydrogen-bond donors (Lipinski definition) is 1. The Kier molecular flexibility index (Phi) is 3.81. The molecule has 110 valence electrons. The molecule has 20 heavy (non-hydrogen) atoms. The van der Waals surface area contributed by atoms with Gasteiger partial charge in [0.25, 0.3) is 5.69 Å². The van der Waals surface area contributed by atoms with E-state index in [0.717, 1.165) is 6.07 Å². The van der Waals surface area contributed by atoms with Gasteiger partial charge >= 0.3 is 0 Å². The molecule has 0 amide bonds. The highest BCUT2D eigenvalue weighted by atomic mass is 32.2. The van der Waals surface area contributed by atoms with Crippen molar-refractivity contribution < 1.29 is 13.3 Å². The summed E-state index contributed by atoms with van der Waals surface area (Å²) in [4.78, 5) is 10.4. The number of aryl methyl sites for hydroxylation is 1. The van der Waals surface area contributed by atoms with E-state index in [1.807, 2.05) is 0 Å². The van der Waals surface area contributed by atoms with Gasteiger partial charge in [-0.1, -0.05) is 0 Å². The van der Waals surface area contributed by atoms with Crippen LogP contribution < -0.4 is 5.73 Å². The third-order valence-electron chi connectivity index (χ3n) is 3.64. The van der Waals surface area contributed by atoms with Crippen molar-refractivity contribution in [3.05, 3.63) is 33.4 Å². The monoisotopic (exact) mass is 299 g/mol. The van der Waals surface area contributed by atoms with Crippen LogP contribution in [0.3, 0.4) is 0 Å². The summed E-state index contributed by atoms with van der Waals surface area (Å²) in [6.07, 6.45) is 0.603. The fraction of sp³-hybridized carbons (Fsp3) is 0.500. The zero-order valence-corrected chi connectivity index (χ0v) is 12.2. The molecule has 1 saturated heterocycles. The van der Waals surface area contributed by atoms with E-state index in [1.54, 1.807) is 13.8 Å². The molecule has 8 heteroatoms. The van der Waals surface area contributed by atoms with Gasteiger partial charge in [-0.05, 0) is 31.9 Å². The minimum Gasteiger partial charge on any atom is -0.326 e. The van der Waals surface area contributed by atoms with Crippen molar-refractivity contribution in [2.24, 2.45) is 5.73 Å². The number of nitro groups is 1. The molecule has 0 bridgehead atoms. The Bertz CT molecular complexity index is 657. The Morgan fingerprint density at radius 1 is 1.40 bits per heavy atom. The van der Waals surface area contributed by atoms with Gasteiger partial charge in [-0.2, -0.15) is 4.31 Å². The molecule has 1 fully saturated rings. The van der Waals surface area contributed by atoms with Crippen LogP contribution in [0.5, 0.6) is 0 Å². The summed E-state index contributed by atoms with van der Waals surface area (Å²) in [5, 5.41) is 11.0. The summed E-state index contributed by atoms with van der Waals surface area (Å²) in [6, 6.07) is 2.43. The van der Waals surface area contributed by atoms with Crippen molar-refractivity contribution in [3.63, 3.8) is 0 Å².